The van der Waals surface area contributed by atoms with Gasteiger partial charge in [0.15, 0.2) is 0 Å². The Bertz CT molecular complexity index is 990. The number of anilines is 1. The Kier molecular flexibility index (Phi) is 7.05. The number of amides is 1. The third-order valence-electron chi connectivity index (χ3n) is 4.88. The number of sulfonamides is 1. The molecule has 2 aromatic carbocycles. The number of hydrogen-bond acceptors (Lipinski definition) is 4. The monoisotopic (exact) mass is 456 g/mol. The molecular weight excluding hydrogens is 435 g/mol. The molecule has 1 amide bonds. The number of hydrogen-bond donors (Lipinski definition) is 1. The quantitative estimate of drug-likeness (QED) is 0.706. The van der Waals surface area contributed by atoms with Crippen molar-refractivity contribution in [3.05, 3.63) is 58.1 Å². The molecule has 0 aromatic heterocycles. The van der Waals surface area contributed by atoms with Crippen LogP contribution in [0.4, 0.5) is 5.69 Å². The first-order valence-electron chi connectivity index (χ1n) is 9.15. The largest absolute Gasteiger partial charge is 0.495 e. The number of halogens is 2. The van der Waals surface area contributed by atoms with E-state index in [2.05, 4.69) is 5.32 Å². The summed E-state index contributed by atoms with van der Waals surface area (Å²) < 4.78 is 32.1. The van der Waals surface area contributed by atoms with E-state index in [1.807, 2.05) is 0 Å². The molecule has 0 bridgehead atoms. The maximum atomic E-state index is 12.7. The first-order valence-corrected chi connectivity index (χ1v) is 11.5. The van der Waals surface area contributed by atoms with Crippen molar-refractivity contribution in [3.8, 4) is 5.75 Å². The minimum absolute atomic E-state index is 0.107. The number of rotatable bonds is 6. The predicted octanol–water partition coefficient (Wildman–Crippen LogP) is 4.18. The molecule has 0 unspecified atom stereocenters. The van der Waals surface area contributed by atoms with Crippen LogP contribution in [0.2, 0.25) is 10.0 Å². The fourth-order valence-corrected chi connectivity index (χ4v) is 5.27. The summed E-state index contributed by atoms with van der Waals surface area (Å²) in [6, 6.07) is 11.8. The predicted molar refractivity (Wildman–Crippen MR) is 115 cm³/mol. The van der Waals surface area contributed by atoms with Gasteiger partial charge in [-0.1, -0.05) is 35.3 Å². The molecule has 0 radical (unpaired) electrons. The smallest absolute Gasteiger partial charge is 0.227 e. The minimum Gasteiger partial charge on any atom is -0.495 e. The van der Waals surface area contributed by atoms with E-state index in [0.717, 1.165) is 0 Å². The van der Waals surface area contributed by atoms with Crippen molar-refractivity contribution in [3.63, 3.8) is 0 Å². The Morgan fingerprint density at radius 1 is 1.14 bits per heavy atom. The molecule has 0 aliphatic carbocycles. The van der Waals surface area contributed by atoms with Crippen LogP contribution in [0.25, 0.3) is 0 Å². The van der Waals surface area contributed by atoms with Crippen LogP contribution in [-0.2, 0) is 20.6 Å². The minimum atomic E-state index is -3.47. The van der Waals surface area contributed by atoms with Gasteiger partial charge in [0.05, 0.1) is 18.6 Å². The van der Waals surface area contributed by atoms with Gasteiger partial charge in [-0.25, -0.2) is 12.7 Å². The topological polar surface area (TPSA) is 75.7 Å². The van der Waals surface area contributed by atoms with Gasteiger partial charge in [0.1, 0.15) is 5.75 Å². The van der Waals surface area contributed by atoms with E-state index in [-0.39, 0.29) is 17.6 Å². The first kappa shape index (κ1) is 21.9. The number of carbonyl (C=O) groups excluding carboxylic acids is 1. The van der Waals surface area contributed by atoms with E-state index in [1.165, 1.54) is 11.4 Å². The molecule has 0 saturated carbocycles. The Morgan fingerprint density at radius 3 is 2.48 bits per heavy atom. The third-order valence-corrected chi connectivity index (χ3v) is 7.20. The van der Waals surface area contributed by atoms with Crippen molar-refractivity contribution in [2.45, 2.75) is 18.6 Å². The van der Waals surface area contributed by atoms with Crippen LogP contribution in [0.15, 0.2) is 42.5 Å². The van der Waals surface area contributed by atoms with E-state index in [4.69, 9.17) is 27.9 Å². The van der Waals surface area contributed by atoms with E-state index < -0.39 is 10.0 Å². The molecule has 0 atom stereocenters. The van der Waals surface area contributed by atoms with Gasteiger partial charge in [-0.05, 0) is 48.7 Å². The lowest BCUT2D eigenvalue weighted by molar-refractivity contribution is -0.120. The van der Waals surface area contributed by atoms with E-state index in [9.17, 15) is 13.2 Å². The van der Waals surface area contributed by atoms with Gasteiger partial charge in [-0.15, -0.1) is 0 Å². The highest BCUT2D eigenvalue weighted by Gasteiger charge is 2.31. The van der Waals surface area contributed by atoms with Crippen LogP contribution in [-0.4, -0.2) is 38.8 Å². The van der Waals surface area contributed by atoms with Crippen molar-refractivity contribution in [1.29, 1.82) is 0 Å². The normalized spacial score (nSPS) is 15.8. The summed E-state index contributed by atoms with van der Waals surface area (Å²) in [4.78, 5) is 12.6. The lowest BCUT2D eigenvalue weighted by Gasteiger charge is -2.30. The van der Waals surface area contributed by atoms with Gasteiger partial charge in [0, 0.05) is 29.1 Å². The maximum absolute atomic E-state index is 12.7. The zero-order valence-electron chi connectivity index (χ0n) is 15.9. The summed E-state index contributed by atoms with van der Waals surface area (Å²) in [5.74, 6) is -0.0394. The molecular formula is C20H22Cl2N2O4S. The fraction of sp³-hybridized carbons (Fsp3) is 0.350. The highest BCUT2D eigenvalue weighted by Crippen LogP contribution is 2.29. The molecule has 2 aromatic rings. The molecule has 1 saturated heterocycles. The van der Waals surface area contributed by atoms with Crippen LogP contribution >= 0.6 is 23.2 Å². The number of methoxy groups -OCH3 is 1. The van der Waals surface area contributed by atoms with Crippen LogP contribution < -0.4 is 10.1 Å². The lowest BCUT2D eigenvalue weighted by atomic mass is 9.97. The molecule has 1 N–H and O–H groups in total. The second kappa shape index (κ2) is 9.34. The Balaban J connectivity index is 1.60. The van der Waals surface area contributed by atoms with Crippen LogP contribution in [0.1, 0.15) is 18.4 Å². The molecule has 156 valence electrons. The molecule has 1 fully saturated rings. The standard InChI is InChI=1S/C20H22Cl2N2O4S/c1-28-19-6-5-17(22)12-18(19)23-20(25)15-7-9-24(10-8-15)29(26,27)13-14-3-2-4-16(21)11-14/h2-6,11-12,15H,7-10,13H2,1H3,(H,23,25). The van der Waals surface area contributed by atoms with Gasteiger partial charge in [-0.3, -0.25) is 4.79 Å². The van der Waals surface area contributed by atoms with E-state index in [0.29, 0.717) is 53.0 Å². The molecule has 1 heterocycles. The van der Waals surface area contributed by atoms with Crippen LogP contribution in [0, 0.1) is 5.92 Å². The van der Waals surface area contributed by atoms with E-state index in [1.54, 1.807) is 42.5 Å². The van der Waals surface area contributed by atoms with Gasteiger partial charge < -0.3 is 10.1 Å². The maximum Gasteiger partial charge on any atom is 0.227 e. The van der Waals surface area contributed by atoms with Crippen molar-refractivity contribution in [1.82, 2.24) is 4.31 Å². The summed E-state index contributed by atoms with van der Waals surface area (Å²) in [6.07, 6.45) is 0.896. The molecule has 9 heteroatoms. The molecule has 1 aliphatic heterocycles. The molecule has 1 aliphatic rings. The van der Waals surface area contributed by atoms with Crippen LogP contribution in [0.5, 0.6) is 5.75 Å². The SMILES string of the molecule is COc1ccc(Cl)cc1NC(=O)C1CCN(S(=O)(=O)Cc2cccc(Cl)c2)CC1. The Morgan fingerprint density at radius 2 is 1.83 bits per heavy atom. The van der Waals surface area contributed by atoms with Crippen LogP contribution in [0.3, 0.4) is 0 Å². The van der Waals surface area contributed by atoms with Crippen molar-refractivity contribution >= 4 is 44.8 Å². The summed E-state index contributed by atoms with van der Waals surface area (Å²) in [5.41, 5.74) is 1.14. The summed E-state index contributed by atoms with van der Waals surface area (Å²) in [6.45, 7) is 0.599. The second-order valence-corrected chi connectivity index (χ2v) is 9.74. The number of benzene rings is 2. The third kappa shape index (κ3) is 5.63. The van der Waals surface area contributed by atoms with Gasteiger partial charge in [0.25, 0.3) is 0 Å². The molecule has 0 spiro atoms. The Hall–Kier alpha value is -1.80. The van der Waals surface area contributed by atoms with Gasteiger partial charge in [-0.2, -0.15) is 0 Å². The summed E-state index contributed by atoms with van der Waals surface area (Å²) in [7, 11) is -1.96. The average molecular weight is 457 g/mol. The second-order valence-electron chi connectivity index (χ2n) is 6.89. The van der Waals surface area contributed by atoms with Gasteiger partial charge in [0.2, 0.25) is 15.9 Å². The Labute approximate surface area is 180 Å². The lowest BCUT2D eigenvalue weighted by Crippen LogP contribution is -2.41. The number of piperidine rings is 1. The number of nitrogens with zero attached hydrogens (tertiary/aromatic N) is 1. The number of carbonyl (C=O) groups is 1. The highest BCUT2D eigenvalue weighted by atomic mass is 35.5. The molecule has 29 heavy (non-hydrogen) atoms. The van der Waals surface area contributed by atoms with Crippen molar-refractivity contribution in [2.75, 3.05) is 25.5 Å². The van der Waals surface area contributed by atoms with E-state index >= 15 is 0 Å². The summed E-state index contributed by atoms with van der Waals surface area (Å²) in [5, 5.41) is 3.83. The zero-order chi connectivity index (χ0) is 21.0. The van der Waals surface area contributed by atoms with Gasteiger partial charge >= 0.3 is 0 Å². The van der Waals surface area contributed by atoms with Crippen molar-refractivity contribution < 1.29 is 17.9 Å². The number of nitrogens with one attached hydrogen (secondary N) is 1. The molecule has 6 nitrogen and oxygen atoms in total. The average Bonchev–Trinajstić information content (AvgIpc) is 2.68. The van der Waals surface area contributed by atoms with Crippen molar-refractivity contribution in [2.24, 2.45) is 5.92 Å². The first-order chi connectivity index (χ1) is 13.8. The molecule has 3 rings (SSSR count). The zero-order valence-corrected chi connectivity index (χ0v) is 18.2. The number of ether oxygens (including phenoxy) is 1. The highest BCUT2D eigenvalue weighted by molar-refractivity contribution is 7.88. The fourth-order valence-electron chi connectivity index (χ4n) is 3.34. The summed E-state index contributed by atoms with van der Waals surface area (Å²) >= 11 is 11.9.